The molecule has 1 aromatic rings. The second kappa shape index (κ2) is 5.57. The van der Waals surface area contributed by atoms with Crippen LogP contribution in [0.15, 0.2) is 30.3 Å². The van der Waals surface area contributed by atoms with Crippen molar-refractivity contribution in [3.05, 3.63) is 35.9 Å². The van der Waals surface area contributed by atoms with E-state index in [0.29, 0.717) is 18.5 Å². The van der Waals surface area contributed by atoms with Gasteiger partial charge in [0.1, 0.15) is 0 Å². The summed E-state index contributed by atoms with van der Waals surface area (Å²) >= 11 is 0. The molecule has 1 heterocycles. The van der Waals surface area contributed by atoms with Crippen LogP contribution in [0, 0.1) is 0 Å². The van der Waals surface area contributed by atoms with Gasteiger partial charge in [0.15, 0.2) is 0 Å². The minimum atomic E-state index is -2.48. The second-order valence-electron chi connectivity index (χ2n) is 5.20. The lowest BCUT2D eigenvalue weighted by Gasteiger charge is -2.37. The molecule has 0 bridgehead atoms. The molecular weight excluding hydrogens is 258 g/mol. The minimum Gasteiger partial charge on any atom is -0.496 e. The fourth-order valence-electron chi connectivity index (χ4n) is 2.29. The lowest BCUT2D eigenvalue weighted by molar-refractivity contribution is -0.129. The quantitative estimate of drug-likeness (QED) is 0.798. The number of benzene rings is 1. The lowest BCUT2D eigenvalue weighted by Crippen LogP contribution is -2.56. The molecule has 2 rings (SSSR count). The number of amides is 1. The van der Waals surface area contributed by atoms with Crippen LogP contribution in [-0.4, -0.2) is 31.5 Å². The Bertz CT molecular complexity index is 473. The first-order valence-corrected chi connectivity index (χ1v) is 9.45. The van der Waals surface area contributed by atoms with Crippen LogP contribution in [0.25, 0.3) is 0 Å². The van der Waals surface area contributed by atoms with Crippen LogP contribution in [0.5, 0.6) is 0 Å². The topological polar surface area (TPSA) is 46.6 Å². The first kappa shape index (κ1) is 13.8. The largest absolute Gasteiger partial charge is 0.496 e. The Labute approximate surface area is 114 Å². The summed E-state index contributed by atoms with van der Waals surface area (Å²) in [6.45, 7) is 4.51. The maximum Gasteiger partial charge on any atom is 0.360 e. The smallest absolute Gasteiger partial charge is 0.360 e. The van der Waals surface area contributed by atoms with Gasteiger partial charge in [0.05, 0.1) is 5.56 Å². The Morgan fingerprint density at radius 2 is 1.89 bits per heavy atom. The Balaban J connectivity index is 2.08. The fourth-order valence-corrected chi connectivity index (χ4v) is 4.38. The zero-order chi connectivity index (χ0) is 13.9. The van der Waals surface area contributed by atoms with Crippen molar-refractivity contribution in [1.29, 1.82) is 0 Å². The van der Waals surface area contributed by atoms with E-state index in [1.54, 1.807) is 28.8 Å². The van der Waals surface area contributed by atoms with Crippen molar-refractivity contribution < 1.29 is 14.0 Å². The Hall–Kier alpha value is -1.62. The van der Waals surface area contributed by atoms with Crippen LogP contribution in [0.2, 0.25) is 13.1 Å². The molecule has 1 saturated heterocycles. The standard InChI is InChI=1S/C14H19NO3Si/c1-19(2,15-11-7-6-10-13(15)16)18-14(17)12-8-4-3-5-9-12/h3-5,8-9H,6-7,10-11H2,1-2H3. The molecule has 0 aliphatic carbocycles. The summed E-state index contributed by atoms with van der Waals surface area (Å²) < 4.78 is 7.43. The van der Waals surface area contributed by atoms with Crippen molar-refractivity contribution >= 4 is 20.4 Å². The maximum absolute atomic E-state index is 12.1. The van der Waals surface area contributed by atoms with Crippen LogP contribution in [0.3, 0.4) is 0 Å². The Morgan fingerprint density at radius 3 is 2.53 bits per heavy atom. The number of rotatable bonds is 3. The molecule has 4 nitrogen and oxygen atoms in total. The molecule has 1 amide bonds. The number of carbonyl (C=O) groups is 2. The summed E-state index contributed by atoms with van der Waals surface area (Å²) in [5, 5.41) is 0. The van der Waals surface area contributed by atoms with Gasteiger partial charge in [0.2, 0.25) is 5.91 Å². The van der Waals surface area contributed by atoms with Crippen LogP contribution >= 0.6 is 0 Å². The maximum atomic E-state index is 12.1. The van der Waals surface area contributed by atoms with Gasteiger partial charge in [0.25, 0.3) is 0 Å². The number of carbonyl (C=O) groups excluding carboxylic acids is 2. The zero-order valence-corrected chi connectivity index (χ0v) is 12.4. The first-order chi connectivity index (χ1) is 9.00. The summed E-state index contributed by atoms with van der Waals surface area (Å²) in [6.07, 6.45) is 2.50. The van der Waals surface area contributed by atoms with Crippen molar-refractivity contribution in [1.82, 2.24) is 4.57 Å². The van der Waals surface area contributed by atoms with Crippen molar-refractivity contribution in [3.8, 4) is 0 Å². The van der Waals surface area contributed by atoms with Crippen molar-refractivity contribution in [2.75, 3.05) is 6.54 Å². The SMILES string of the molecule is C[Si](C)(OC(=O)c1ccccc1)N1CCCCC1=O. The van der Waals surface area contributed by atoms with Gasteiger partial charge in [0, 0.05) is 13.0 Å². The van der Waals surface area contributed by atoms with E-state index in [1.165, 1.54) is 0 Å². The molecule has 1 fully saturated rings. The molecule has 19 heavy (non-hydrogen) atoms. The van der Waals surface area contributed by atoms with E-state index >= 15 is 0 Å². The third-order valence-corrected chi connectivity index (χ3v) is 5.78. The van der Waals surface area contributed by atoms with E-state index in [4.69, 9.17) is 4.43 Å². The third-order valence-electron chi connectivity index (χ3n) is 3.33. The predicted octanol–water partition coefficient (Wildman–Crippen LogP) is 2.56. The number of hydrogen-bond acceptors (Lipinski definition) is 3. The highest BCUT2D eigenvalue weighted by Crippen LogP contribution is 2.21. The molecule has 0 atom stereocenters. The predicted molar refractivity (Wildman–Crippen MR) is 74.9 cm³/mol. The molecule has 0 spiro atoms. The molecule has 1 aliphatic rings. The van der Waals surface area contributed by atoms with Gasteiger partial charge in [-0.15, -0.1) is 0 Å². The van der Waals surface area contributed by atoms with Gasteiger partial charge in [-0.2, -0.15) is 0 Å². The van der Waals surface area contributed by atoms with E-state index in [2.05, 4.69) is 0 Å². The van der Waals surface area contributed by atoms with Crippen molar-refractivity contribution in [2.24, 2.45) is 0 Å². The van der Waals surface area contributed by atoms with Gasteiger partial charge in [-0.1, -0.05) is 18.2 Å². The number of piperidine rings is 1. The van der Waals surface area contributed by atoms with Gasteiger partial charge < -0.3 is 8.99 Å². The summed E-state index contributed by atoms with van der Waals surface area (Å²) in [4.78, 5) is 24.0. The highest BCUT2D eigenvalue weighted by molar-refractivity contribution is 6.72. The molecule has 0 aromatic heterocycles. The van der Waals surface area contributed by atoms with E-state index < -0.39 is 8.48 Å². The van der Waals surface area contributed by atoms with Crippen LogP contribution in [-0.2, 0) is 9.22 Å². The molecule has 0 N–H and O–H groups in total. The summed E-state index contributed by atoms with van der Waals surface area (Å²) in [7, 11) is -2.48. The second-order valence-corrected chi connectivity index (χ2v) is 8.84. The van der Waals surface area contributed by atoms with Crippen LogP contribution in [0.1, 0.15) is 29.6 Å². The summed E-state index contributed by atoms with van der Waals surface area (Å²) in [6, 6.07) is 8.91. The van der Waals surface area contributed by atoms with Crippen LogP contribution in [0.4, 0.5) is 0 Å². The summed E-state index contributed by atoms with van der Waals surface area (Å²) in [5.41, 5.74) is 0.535. The zero-order valence-electron chi connectivity index (χ0n) is 11.4. The molecule has 0 unspecified atom stereocenters. The van der Waals surface area contributed by atoms with E-state index in [-0.39, 0.29) is 11.9 Å². The van der Waals surface area contributed by atoms with Gasteiger partial charge in [-0.25, -0.2) is 4.79 Å². The van der Waals surface area contributed by atoms with Crippen LogP contribution < -0.4 is 0 Å². The minimum absolute atomic E-state index is 0.115. The highest BCUT2D eigenvalue weighted by atomic mass is 28.4. The molecule has 5 heteroatoms. The molecule has 0 saturated carbocycles. The van der Waals surface area contributed by atoms with E-state index in [1.807, 2.05) is 19.2 Å². The highest BCUT2D eigenvalue weighted by Gasteiger charge is 2.39. The molecule has 102 valence electrons. The molecule has 0 radical (unpaired) electrons. The van der Waals surface area contributed by atoms with E-state index in [0.717, 1.165) is 12.8 Å². The van der Waals surface area contributed by atoms with Crippen molar-refractivity contribution in [2.45, 2.75) is 32.4 Å². The summed E-state index contributed by atoms with van der Waals surface area (Å²) in [5.74, 6) is -0.223. The molecule has 1 aliphatic heterocycles. The van der Waals surface area contributed by atoms with Gasteiger partial charge in [-0.05, 0) is 38.1 Å². The van der Waals surface area contributed by atoms with Gasteiger partial charge >= 0.3 is 14.4 Å². The van der Waals surface area contributed by atoms with Gasteiger partial charge in [-0.3, -0.25) is 4.79 Å². The van der Waals surface area contributed by atoms with E-state index in [9.17, 15) is 9.59 Å². The lowest BCUT2D eigenvalue weighted by atomic mass is 10.2. The molecule has 1 aromatic carbocycles. The molecular formula is C14H19NO3Si. The Morgan fingerprint density at radius 1 is 1.21 bits per heavy atom. The Kier molecular flexibility index (Phi) is 4.04. The normalized spacial score (nSPS) is 16.3. The monoisotopic (exact) mass is 277 g/mol. The van der Waals surface area contributed by atoms with Crippen molar-refractivity contribution in [3.63, 3.8) is 0 Å². The third kappa shape index (κ3) is 3.23. The first-order valence-electron chi connectivity index (χ1n) is 6.59. The average molecular weight is 277 g/mol. The number of hydrogen-bond donors (Lipinski definition) is 0. The average Bonchev–Trinajstić information content (AvgIpc) is 2.39. The number of nitrogens with zero attached hydrogens (tertiary/aromatic N) is 1. The fraction of sp³-hybridized carbons (Fsp3) is 0.429.